The Bertz CT molecular complexity index is 261. The minimum atomic E-state index is 0.727. The summed E-state index contributed by atoms with van der Waals surface area (Å²) in [5.41, 5.74) is 0. The molecule has 1 saturated carbocycles. The molecular formula is C19H38N2. The third-order valence-corrected chi connectivity index (χ3v) is 5.89. The number of hydrogen-bond acceptors (Lipinski definition) is 2. The monoisotopic (exact) mass is 294 g/mol. The second-order valence-corrected chi connectivity index (χ2v) is 7.79. The fraction of sp³-hybridized carbons (Fsp3) is 1.00. The molecular weight excluding hydrogens is 256 g/mol. The molecule has 21 heavy (non-hydrogen) atoms. The Morgan fingerprint density at radius 2 is 1.43 bits per heavy atom. The molecule has 0 aromatic heterocycles. The average molecular weight is 295 g/mol. The van der Waals surface area contributed by atoms with E-state index in [-0.39, 0.29) is 0 Å². The fourth-order valence-corrected chi connectivity index (χ4v) is 4.32. The zero-order valence-corrected chi connectivity index (χ0v) is 14.8. The van der Waals surface area contributed by atoms with Crippen LogP contribution < -0.4 is 0 Å². The van der Waals surface area contributed by atoms with Gasteiger partial charge in [0, 0.05) is 32.2 Å². The molecule has 0 atom stereocenters. The molecule has 2 fully saturated rings. The van der Waals surface area contributed by atoms with Gasteiger partial charge in [-0.1, -0.05) is 45.4 Å². The van der Waals surface area contributed by atoms with Gasteiger partial charge in [-0.3, -0.25) is 4.90 Å². The van der Waals surface area contributed by atoms with Gasteiger partial charge in [0.15, 0.2) is 0 Å². The predicted molar refractivity (Wildman–Crippen MR) is 92.7 cm³/mol. The number of rotatable bonds is 7. The molecule has 1 aliphatic carbocycles. The van der Waals surface area contributed by atoms with E-state index >= 15 is 0 Å². The Morgan fingerprint density at radius 1 is 0.857 bits per heavy atom. The summed E-state index contributed by atoms with van der Waals surface area (Å²) in [6.07, 6.45) is 11.9. The lowest BCUT2D eigenvalue weighted by Gasteiger charge is -2.37. The fourth-order valence-electron chi connectivity index (χ4n) is 4.32. The zero-order valence-electron chi connectivity index (χ0n) is 14.8. The molecule has 2 heteroatoms. The molecule has 0 bridgehead atoms. The van der Waals surface area contributed by atoms with Crippen LogP contribution in [0.15, 0.2) is 0 Å². The first kappa shape index (κ1) is 17.3. The van der Waals surface area contributed by atoms with E-state index in [1.165, 1.54) is 84.1 Å². The predicted octanol–water partition coefficient (Wildman–Crippen LogP) is 4.40. The summed E-state index contributed by atoms with van der Waals surface area (Å²) < 4.78 is 0. The van der Waals surface area contributed by atoms with E-state index in [9.17, 15) is 0 Å². The van der Waals surface area contributed by atoms with Crippen molar-refractivity contribution in [3.8, 4) is 0 Å². The summed E-state index contributed by atoms with van der Waals surface area (Å²) in [7, 11) is 0. The van der Waals surface area contributed by atoms with E-state index in [4.69, 9.17) is 0 Å². The van der Waals surface area contributed by atoms with Crippen molar-refractivity contribution in [1.29, 1.82) is 0 Å². The van der Waals surface area contributed by atoms with Crippen LogP contribution in [-0.2, 0) is 0 Å². The van der Waals surface area contributed by atoms with Gasteiger partial charge in [0.2, 0.25) is 0 Å². The Labute approximate surface area is 133 Å². The third kappa shape index (κ3) is 5.90. The van der Waals surface area contributed by atoms with Gasteiger partial charge in [-0.05, 0) is 45.1 Å². The molecule has 1 heterocycles. The van der Waals surface area contributed by atoms with E-state index in [1.807, 2.05) is 0 Å². The largest absolute Gasteiger partial charge is 0.301 e. The highest BCUT2D eigenvalue weighted by Crippen LogP contribution is 2.33. The van der Waals surface area contributed by atoms with Crippen LogP contribution in [0.2, 0.25) is 0 Å². The minimum absolute atomic E-state index is 0.727. The number of hydrogen-bond donors (Lipinski definition) is 0. The Kier molecular flexibility index (Phi) is 7.53. The minimum Gasteiger partial charge on any atom is -0.301 e. The van der Waals surface area contributed by atoms with Crippen LogP contribution >= 0.6 is 0 Å². The van der Waals surface area contributed by atoms with Crippen molar-refractivity contribution in [1.82, 2.24) is 9.80 Å². The maximum atomic E-state index is 2.70. The Hall–Kier alpha value is -0.0800. The molecule has 1 saturated heterocycles. The SMILES string of the molecule is CCCC1CCC(CCCN2CCN(C(C)C)CC2)CC1. The van der Waals surface area contributed by atoms with Crippen LogP contribution in [0.3, 0.4) is 0 Å². The highest BCUT2D eigenvalue weighted by molar-refractivity contribution is 4.76. The second kappa shape index (κ2) is 9.15. The van der Waals surface area contributed by atoms with E-state index in [0.717, 1.165) is 17.9 Å². The lowest BCUT2D eigenvalue weighted by Crippen LogP contribution is -2.48. The maximum absolute atomic E-state index is 2.70. The van der Waals surface area contributed by atoms with Crippen molar-refractivity contribution in [3.63, 3.8) is 0 Å². The molecule has 0 N–H and O–H groups in total. The van der Waals surface area contributed by atoms with Crippen molar-refractivity contribution >= 4 is 0 Å². The van der Waals surface area contributed by atoms with Gasteiger partial charge in [0.25, 0.3) is 0 Å². The van der Waals surface area contributed by atoms with E-state index in [2.05, 4.69) is 30.6 Å². The van der Waals surface area contributed by atoms with Crippen LogP contribution in [-0.4, -0.2) is 48.6 Å². The normalized spacial score (nSPS) is 29.1. The zero-order chi connectivity index (χ0) is 15.1. The first-order valence-electron chi connectivity index (χ1n) is 9.65. The molecule has 0 radical (unpaired) electrons. The quantitative estimate of drug-likeness (QED) is 0.686. The molecule has 0 amide bonds. The second-order valence-electron chi connectivity index (χ2n) is 7.79. The third-order valence-electron chi connectivity index (χ3n) is 5.89. The standard InChI is InChI=1S/C19H38N2/c1-4-6-18-8-10-19(11-9-18)7-5-12-20-13-15-21(16-14-20)17(2)3/h17-19H,4-16H2,1-3H3. The lowest BCUT2D eigenvalue weighted by molar-refractivity contribution is 0.105. The first-order valence-corrected chi connectivity index (χ1v) is 9.65. The van der Waals surface area contributed by atoms with Crippen molar-refractivity contribution in [2.75, 3.05) is 32.7 Å². The van der Waals surface area contributed by atoms with Crippen LogP contribution in [0.5, 0.6) is 0 Å². The number of piperazine rings is 1. The van der Waals surface area contributed by atoms with Gasteiger partial charge in [-0.25, -0.2) is 0 Å². The summed E-state index contributed by atoms with van der Waals surface area (Å²) in [5, 5.41) is 0. The topological polar surface area (TPSA) is 6.48 Å². The Morgan fingerprint density at radius 3 is 1.95 bits per heavy atom. The van der Waals surface area contributed by atoms with Gasteiger partial charge >= 0.3 is 0 Å². The Balaban J connectivity index is 1.53. The summed E-state index contributed by atoms with van der Waals surface area (Å²) in [6.45, 7) is 13.5. The molecule has 2 aliphatic rings. The van der Waals surface area contributed by atoms with Crippen molar-refractivity contribution in [3.05, 3.63) is 0 Å². The van der Waals surface area contributed by atoms with Crippen LogP contribution in [0.1, 0.15) is 72.1 Å². The molecule has 2 nitrogen and oxygen atoms in total. The van der Waals surface area contributed by atoms with Gasteiger partial charge < -0.3 is 4.90 Å². The van der Waals surface area contributed by atoms with Crippen molar-refractivity contribution in [2.45, 2.75) is 78.2 Å². The average Bonchev–Trinajstić information content (AvgIpc) is 2.50. The summed E-state index contributed by atoms with van der Waals surface area (Å²) in [5.74, 6) is 2.12. The highest BCUT2D eigenvalue weighted by Gasteiger charge is 2.21. The van der Waals surface area contributed by atoms with Crippen LogP contribution in [0, 0.1) is 11.8 Å². The highest BCUT2D eigenvalue weighted by atomic mass is 15.3. The molecule has 1 aliphatic heterocycles. The van der Waals surface area contributed by atoms with E-state index in [1.54, 1.807) is 0 Å². The van der Waals surface area contributed by atoms with Gasteiger partial charge in [-0.15, -0.1) is 0 Å². The van der Waals surface area contributed by atoms with Crippen LogP contribution in [0.4, 0.5) is 0 Å². The smallest absolute Gasteiger partial charge is 0.0113 e. The van der Waals surface area contributed by atoms with Gasteiger partial charge in [0.05, 0.1) is 0 Å². The molecule has 124 valence electrons. The lowest BCUT2D eigenvalue weighted by atomic mass is 9.78. The van der Waals surface area contributed by atoms with Crippen molar-refractivity contribution in [2.24, 2.45) is 11.8 Å². The summed E-state index contributed by atoms with van der Waals surface area (Å²) >= 11 is 0. The molecule has 0 unspecified atom stereocenters. The van der Waals surface area contributed by atoms with Crippen molar-refractivity contribution < 1.29 is 0 Å². The maximum Gasteiger partial charge on any atom is 0.0113 e. The molecule has 2 rings (SSSR count). The van der Waals surface area contributed by atoms with E-state index < -0.39 is 0 Å². The van der Waals surface area contributed by atoms with Gasteiger partial charge in [0.1, 0.15) is 0 Å². The van der Waals surface area contributed by atoms with E-state index in [0.29, 0.717) is 0 Å². The summed E-state index contributed by atoms with van der Waals surface area (Å²) in [6, 6.07) is 0.727. The molecule has 0 spiro atoms. The molecule has 0 aromatic carbocycles. The number of nitrogens with zero attached hydrogens (tertiary/aromatic N) is 2. The summed E-state index contributed by atoms with van der Waals surface area (Å²) in [4.78, 5) is 5.31. The van der Waals surface area contributed by atoms with Gasteiger partial charge in [-0.2, -0.15) is 0 Å². The molecule has 0 aromatic rings. The first-order chi connectivity index (χ1) is 10.2. The van der Waals surface area contributed by atoms with Crippen LogP contribution in [0.25, 0.3) is 0 Å².